The van der Waals surface area contributed by atoms with Crippen molar-refractivity contribution >= 4 is 15.9 Å². The predicted octanol–water partition coefficient (Wildman–Crippen LogP) is 0.202. The molecule has 0 saturated heterocycles. The van der Waals surface area contributed by atoms with Gasteiger partial charge in [0.1, 0.15) is 6.54 Å². The zero-order chi connectivity index (χ0) is 19.2. The van der Waals surface area contributed by atoms with Gasteiger partial charge in [-0.1, -0.05) is 25.5 Å². The fourth-order valence-corrected chi connectivity index (χ4v) is 2.89. The van der Waals surface area contributed by atoms with E-state index in [1.807, 2.05) is 6.92 Å². The molecule has 0 radical (unpaired) electrons. The van der Waals surface area contributed by atoms with E-state index in [1.165, 1.54) is 29.1 Å². The minimum absolute atomic E-state index is 0.0451. The second-order valence-corrected chi connectivity index (χ2v) is 7.45. The Morgan fingerprint density at radius 3 is 2.50 bits per heavy atom. The first kappa shape index (κ1) is 19.8. The molecule has 0 spiro atoms. The number of aromatic nitrogens is 2. The van der Waals surface area contributed by atoms with Crippen LogP contribution in [0.1, 0.15) is 24.6 Å². The first-order chi connectivity index (χ1) is 12.3. The second kappa shape index (κ2) is 8.72. The summed E-state index contributed by atoms with van der Waals surface area (Å²) in [6.45, 7) is 2.27. The summed E-state index contributed by atoms with van der Waals surface area (Å²) in [4.78, 5) is 28.1. The fourth-order valence-electron chi connectivity index (χ4n) is 2.38. The number of hydrogen-bond acceptors (Lipinski definition) is 5. The summed E-state index contributed by atoms with van der Waals surface area (Å²) in [6.07, 6.45) is 3.54. The second-order valence-electron chi connectivity index (χ2n) is 5.89. The van der Waals surface area contributed by atoms with Gasteiger partial charge in [-0.25, -0.2) is 18.5 Å². The average Bonchev–Trinajstić information content (AvgIpc) is 2.57. The van der Waals surface area contributed by atoms with Crippen molar-refractivity contribution in [3.63, 3.8) is 0 Å². The Bertz CT molecular complexity index is 921. The van der Waals surface area contributed by atoms with Gasteiger partial charge in [-0.15, -0.1) is 0 Å². The molecule has 26 heavy (non-hydrogen) atoms. The van der Waals surface area contributed by atoms with Gasteiger partial charge in [0, 0.05) is 18.3 Å². The third-order valence-electron chi connectivity index (χ3n) is 3.74. The standard InChI is InChI=1S/C17H22N4O4S/c1-2-3-14-10-17(23)21(12-20-14)11-16(22)19-9-8-13-4-6-15(7-5-13)26(18,24)25/h4-7,10,12H,2-3,8-9,11H2,1H3,(H,19,22)(H2,18,24,25). The highest BCUT2D eigenvalue weighted by Crippen LogP contribution is 2.08. The van der Waals surface area contributed by atoms with Gasteiger partial charge in [-0.2, -0.15) is 0 Å². The molecule has 9 heteroatoms. The van der Waals surface area contributed by atoms with Crippen molar-refractivity contribution in [2.24, 2.45) is 5.14 Å². The highest BCUT2D eigenvalue weighted by atomic mass is 32.2. The van der Waals surface area contributed by atoms with Gasteiger partial charge in [0.2, 0.25) is 15.9 Å². The van der Waals surface area contributed by atoms with Crippen molar-refractivity contribution < 1.29 is 13.2 Å². The maximum atomic E-state index is 12.0. The van der Waals surface area contributed by atoms with E-state index in [0.717, 1.165) is 24.1 Å². The van der Waals surface area contributed by atoms with Gasteiger partial charge in [0.15, 0.2) is 0 Å². The van der Waals surface area contributed by atoms with Gasteiger partial charge in [-0.05, 0) is 30.5 Å². The molecule has 2 aromatic rings. The van der Waals surface area contributed by atoms with Crippen molar-refractivity contribution in [3.8, 4) is 0 Å². The van der Waals surface area contributed by atoms with Gasteiger partial charge >= 0.3 is 0 Å². The minimum atomic E-state index is -3.71. The topological polar surface area (TPSA) is 124 Å². The third-order valence-corrected chi connectivity index (χ3v) is 4.67. The molecule has 140 valence electrons. The van der Waals surface area contributed by atoms with Gasteiger partial charge < -0.3 is 5.32 Å². The van der Waals surface area contributed by atoms with Crippen molar-refractivity contribution in [3.05, 3.63) is 58.3 Å². The summed E-state index contributed by atoms with van der Waals surface area (Å²) >= 11 is 0. The molecule has 3 N–H and O–H groups in total. The van der Waals surface area contributed by atoms with E-state index in [9.17, 15) is 18.0 Å². The molecular formula is C17H22N4O4S. The SMILES string of the molecule is CCCc1cc(=O)n(CC(=O)NCCc2ccc(S(N)(=O)=O)cc2)cn1. The fraction of sp³-hybridized carbons (Fsp3) is 0.353. The molecule has 0 bridgehead atoms. The number of nitrogens with two attached hydrogens (primary N) is 1. The van der Waals surface area contributed by atoms with Crippen molar-refractivity contribution in [1.29, 1.82) is 0 Å². The monoisotopic (exact) mass is 378 g/mol. The largest absolute Gasteiger partial charge is 0.354 e. The molecular weight excluding hydrogens is 356 g/mol. The zero-order valence-corrected chi connectivity index (χ0v) is 15.3. The molecule has 0 unspecified atom stereocenters. The zero-order valence-electron chi connectivity index (χ0n) is 14.5. The summed E-state index contributed by atoms with van der Waals surface area (Å²) in [7, 11) is -3.71. The number of hydrogen-bond donors (Lipinski definition) is 2. The molecule has 0 aliphatic rings. The van der Waals surface area contributed by atoms with E-state index in [1.54, 1.807) is 12.1 Å². The number of primary sulfonamides is 1. The number of nitrogens with zero attached hydrogens (tertiary/aromatic N) is 2. The highest BCUT2D eigenvalue weighted by Gasteiger charge is 2.08. The van der Waals surface area contributed by atoms with E-state index in [-0.39, 0.29) is 22.9 Å². The Labute approximate surface area is 152 Å². The van der Waals surface area contributed by atoms with Gasteiger partial charge in [0.05, 0.1) is 11.2 Å². The molecule has 0 saturated carbocycles. The van der Waals surface area contributed by atoms with E-state index < -0.39 is 10.0 Å². The van der Waals surface area contributed by atoms with Crippen LogP contribution in [0.15, 0.2) is 46.3 Å². The smallest absolute Gasteiger partial charge is 0.253 e. The Morgan fingerprint density at radius 1 is 1.23 bits per heavy atom. The van der Waals surface area contributed by atoms with Crippen LogP contribution < -0.4 is 16.0 Å². The number of aryl methyl sites for hydroxylation is 1. The first-order valence-electron chi connectivity index (χ1n) is 8.23. The number of nitrogens with one attached hydrogen (secondary N) is 1. The van der Waals surface area contributed by atoms with Crippen molar-refractivity contribution in [2.45, 2.75) is 37.6 Å². The van der Waals surface area contributed by atoms with Crippen LogP contribution in [-0.4, -0.2) is 30.4 Å². The highest BCUT2D eigenvalue weighted by molar-refractivity contribution is 7.89. The summed E-state index contributed by atoms with van der Waals surface area (Å²) in [6, 6.07) is 7.59. The third kappa shape index (κ3) is 5.78. The summed E-state index contributed by atoms with van der Waals surface area (Å²) in [5, 5.41) is 7.76. The number of carbonyl (C=O) groups excluding carboxylic acids is 1. The van der Waals surface area contributed by atoms with Crippen molar-refractivity contribution in [2.75, 3.05) is 6.54 Å². The normalized spacial score (nSPS) is 11.3. The van der Waals surface area contributed by atoms with Crippen LogP contribution in [-0.2, 0) is 34.2 Å². The van der Waals surface area contributed by atoms with Crippen molar-refractivity contribution in [1.82, 2.24) is 14.9 Å². The maximum Gasteiger partial charge on any atom is 0.253 e. The molecule has 0 fully saturated rings. The van der Waals surface area contributed by atoms with Crippen LogP contribution >= 0.6 is 0 Å². The van der Waals surface area contributed by atoms with Crippen LogP contribution in [0.5, 0.6) is 0 Å². The van der Waals surface area contributed by atoms with Gasteiger partial charge in [-0.3, -0.25) is 14.2 Å². The van der Waals surface area contributed by atoms with Gasteiger partial charge in [0.25, 0.3) is 5.56 Å². The van der Waals surface area contributed by atoms with Crippen LogP contribution in [0.3, 0.4) is 0 Å². The molecule has 0 aliphatic carbocycles. The summed E-state index contributed by atoms with van der Waals surface area (Å²) in [5.74, 6) is -0.293. The van der Waals surface area contributed by atoms with E-state index in [2.05, 4.69) is 10.3 Å². The minimum Gasteiger partial charge on any atom is -0.354 e. The van der Waals surface area contributed by atoms with E-state index in [0.29, 0.717) is 13.0 Å². The number of benzene rings is 1. The maximum absolute atomic E-state index is 12.0. The number of rotatable bonds is 8. The number of carbonyl (C=O) groups is 1. The van der Waals surface area contributed by atoms with E-state index in [4.69, 9.17) is 5.14 Å². The Hall–Kier alpha value is -2.52. The Kier molecular flexibility index (Phi) is 6.64. The van der Waals surface area contributed by atoms with Crippen LogP contribution in [0.4, 0.5) is 0 Å². The lowest BCUT2D eigenvalue weighted by molar-refractivity contribution is -0.121. The van der Waals surface area contributed by atoms with Crippen LogP contribution in [0.2, 0.25) is 0 Å². The molecule has 0 atom stereocenters. The molecule has 1 aromatic heterocycles. The number of sulfonamides is 1. The molecule has 2 rings (SSSR count). The summed E-state index contributed by atoms with van der Waals surface area (Å²) < 4.78 is 23.6. The summed E-state index contributed by atoms with van der Waals surface area (Å²) in [5.41, 5.74) is 1.33. The molecule has 8 nitrogen and oxygen atoms in total. The lowest BCUT2D eigenvalue weighted by atomic mass is 10.1. The van der Waals surface area contributed by atoms with E-state index >= 15 is 0 Å². The number of amides is 1. The predicted molar refractivity (Wildman–Crippen MR) is 97.0 cm³/mol. The lowest BCUT2D eigenvalue weighted by Crippen LogP contribution is -2.33. The molecule has 1 aromatic carbocycles. The van der Waals surface area contributed by atoms with Crippen LogP contribution in [0.25, 0.3) is 0 Å². The lowest BCUT2D eigenvalue weighted by Gasteiger charge is -2.08. The van der Waals surface area contributed by atoms with Crippen LogP contribution in [0, 0.1) is 0 Å². The quantitative estimate of drug-likeness (QED) is 0.679. The molecule has 1 amide bonds. The molecule has 1 heterocycles. The Balaban J connectivity index is 1.85. The Morgan fingerprint density at radius 2 is 1.92 bits per heavy atom. The first-order valence-corrected chi connectivity index (χ1v) is 9.78. The average molecular weight is 378 g/mol. The molecule has 0 aliphatic heterocycles.